The van der Waals surface area contributed by atoms with Crippen molar-refractivity contribution in [3.8, 4) is 0 Å². The molecule has 2 aromatic carbocycles. The number of sulfonamides is 1. The quantitative estimate of drug-likeness (QED) is 0.570. The fourth-order valence-electron chi connectivity index (χ4n) is 3.18. The zero-order chi connectivity index (χ0) is 24.1. The lowest BCUT2D eigenvalue weighted by Crippen LogP contribution is -2.51. The van der Waals surface area contributed by atoms with Crippen LogP contribution in [0.4, 0.5) is 5.69 Å². The molecule has 0 unspecified atom stereocenters. The molecule has 0 saturated heterocycles. The van der Waals surface area contributed by atoms with E-state index in [1.54, 1.807) is 63.2 Å². The molecule has 0 aliphatic rings. The van der Waals surface area contributed by atoms with Gasteiger partial charge in [-0.2, -0.15) is 0 Å². The molecule has 0 fully saturated rings. The highest BCUT2D eigenvalue weighted by molar-refractivity contribution is 7.92. The number of aryl methyl sites for hydroxylation is 1. The normalized spacial score (nSPS) is 12.2. The van der Waals surface area contributed by atoms with Crippen LogP contribution in [0.2, 0.25) is 10.0 Å². The molecule has 1 N–H and O–H groups in total. The van der Waals surface area contributed by atoms with E-state index in [1.165, 1.54) is 4.90 Å². The Bertz CT molecular complexity index is 1090. The van der Waals surface area contributed by atoms with Crippen molar-refractivity contribution in [1.29, 1.82) is 0 Å². The van der Waals surface area contributed by atoms with Crippen LogP contribution < -0.4 is 9.62 Å². The third-order valence-corrected chi connectivity index (χ3v) is 6.65. The molecule has 1 atom stereocenters. The van der Waals surface area contributed by atoms with Crippen LogP contribution in [-0.4, -0.2) is 50.5 Å². The molecule has 0 bridgehead atoms. The van der Waals surface area contributed by atoms with Gasteiger partial charge in [0.05, 0.1) is 11.9 Å². The van der Waals surface area contributed by atoms with E-state index in [-0.39, 0.29) is 12.5 Å². The topological polar surface area (TPSA) is 86.8 Å². The fourth-order valence-corrected chi connectivity index (χ4v) is 4.55. The number of hydrogen-bond acceptors (Lipinski definition) is 4. The molecule has 0 radical (unpaired) electrons. The van der Waals surface area contributed by atoms with E-state index in [0.717, 1.165) is 10.6 Å². The number of amides is 2. The van der Waals surface area contributed by atoms with Gasteiger partial charge in [0.2, 0.25) is 21.8 Å². The highest BCUT2D eigenvalue weighted by atomic mass is 35.5. The summed E-state index contributed by atoms with van der Waals surface area (Å²) in [6.07, 6.45) is 1.04. The first kappa shape index (κ1) is 26.0. The van der Waals surface area contributed by atoms with Crippen LogP contribution >= 0.6 is 23.2 Å². The maximum Gasteiger partial charge on any atom is 0.244 e. The van der Waals surface area contributed by atoms with Crippen molar-refractivity contribution < 1.29 is 18.0 Å². The van der Waals surface area contributed by atoms with Gasteiger partial charge in [0.25, 0.3) is 0 Å². The summed E-state index contributed by atoms with van der Waals surface area (Å²) in [5.41, 5.74) is 1.69. The van der Waals surface area contributed by atoms with Gasteiger partial charge in [0.15, 0.2) is 0 Å². The van der Waals surface area contributed by atoms with E-state index in [0.29, 0.717) is 33.4 Å². The summed E-state index contributed by atoms with van der Waals surface area (Å²) in [5.74, 6) is -0.892. The van der Waals surface area contributed by atoms with Crippen LogP contribution in [0.1, 0.15) is 25.0 Å². The number of benzene rings is 2. The smallest absolute Gasteiger partial charge is 0.244 e. The van der Waals surface area contributed by atoms with Crippen molar-refractivity contribution in [3.05, 3.63) is 63.6 Å². The van der Waals surface area contributed by atoms with Crippen molar-refractivity contribution in [2.45, 2.75) is 33.4 Å². The average Bonchev–Trinajstić information content (AvgIpc) is 2.71. The van der Waals surface area contributed by atoms with Crippen LogP contribution in [0, 0.1) is 6.92 Å². The van der Waals surface area contributed by atoms with Crippen LogP contribution in [0.3, 0.4) is 0 Å². The number of carbonyl (C=O) groups excluding carboxylic acids is 2. The van der Waals surface area contributed by atoms with Crippen molar-refractivity contribution in [1.82, 2.24) is 10.2 Å². The Morgan fingerprint density at radius 1 is 1.12 bits per heavy atom. The van der Waals surface area contributed by atoms with Crippen LogP contribution in [0.15, 0.2) is 42.5 Å². The molecular formula is C22H27Cl2N3O4S. The third kappa shape index (κ3) is 6.60. The van der Waals surface area contributed by atoms with Crippen molar-refractivity contribution in [3.63, 3.8) is 0 Å². The first-order chi connectivity index (χ1) is 15.0. The molecule has 0 aliphatic heterocycles. The monoisotopic (exact) mass is 499 g/mol. The van der Waals surface area contributed by atoms with Gasteiger partial charge in [-0.15, -0.1) is 0 Å². The minimum Gasteiger partial charge on any atom is -0.355 e. The number of nitrogens with one attached hydrogen (secondary N) is 1. The average molecular weight is 500 g/mol. The summed E-state index contributed by atoms with van der Waals surface area (Å²) in [5, 5.41) is 3.48. The Labute approximate surface area is 199 Å². The van der Waals surface area contributed by atoms with Gasteiger partial charge in [-0.25, -0.2) is 8.42 Å². The fraction of sp³-hybridized carbons (Fsp3) is 0.364. The number of para-hydroxylation sites is 1. The number of carbonyl (C=O) groups is 2. The molecule has 0 spiro atoms. The minimum absolute atomic E-state index is 0.0124. The van der Waals surface area contributed by atoms with E-state index in [9.17, 15) is 18.0 Å². The van der Waals surface area contributed by atoms with Crippen LogP contribution in [-0.2, 0) is 26.2 Å². The van der Waals surface area contributed by atoms with E-state index in [2.05, 4.69) is 5.32 Å². The molecule has 32 heavy (non-hydrogen) atoms. The predicted molar refractivity (Wildman–Crippen MR) is 129 cm³/mol. The minimum atomic E-state index is -3.77. The summed E-state index contributed by atoms with van der Waals surface area (Å²) in [6.45, 7) is 5.07. The zero-order valence-corrected chi connectivity index (χ0v) is 20.8. The summed E-state index contributed by atoms with van der Waals surface area (Å²) in [4.78, 5) is 27.2. The standard InChI is InChI=1S/C22H27Cl2N3O4S/c1-5-25-22(29)16(3)26(13-17-10-11-18(23)12-19(17)24)21(28)14-27(32(4,30)31)20-9-7-6-8-15(20)2/h6-12,16H,5,13-14H2,1-4H3,(H,25,29)/t16-/m0/s1. The summed E-state index contributed by atoms with van der Waals surface area (Å²) >= 11 is 12.3. The summed E-state index contributed by atoms with van der Waals surface area (Å²) in [6, 6.07) is 10.9. The summed E-state index contributed by atoms with van der Waals surface area (Å²) in [7, 11) is -3.77. The highest BCUT2D eigenvalue weighted by Crippen LogP contribution is 2.25. The number of likely N-dealkylation sites (N-methyl/N-ethyl adjacent to an activating group) is 1. The molecule has 2 rings (SSSR count). The lowest BCUT2D eigenvalue weighted by molar-refractivity contribution is -0.139. The molecule has 0 aliphatic carbocycles. The van der Waals surface area contributed by atoms with Crippen LogP contribution in [0.25, 0.3) is 0 Å². The Kier molecular flexibility index (Phi) is 8.95. The molecule has 0 aromatic heterocycles. The molecule has 0 heterocycles. The van der Waals surface area contributed by atoms with Crippen molar-refractivity contribution in [2.75, 3.05) is 23.7 Å². The third-order valence-electron chi connectivity index (χ3n) is 4.94. The van der Waals surface area contributed by atoms with E-state index < -0.39 is 28.5 Å². The van der Waals surface area contributed by atoms with Gasteiger partial charge >= 0.3 is 0 Å². The maximum atomic E-state index is 13.4. The number of halogens is 2. The van der Waals surface area contributed by atoms with Crippen LogP contribution in [0.5, 0.6) is 0 Å². The van der Waals surface area contributed by atoms with Gasteiger partial charge in [-0.1, -0.05) is 47.5 Å². The van der Waals surface area contributed by atoms with Gasteiger partial charge in [-0.3, -0.25) is 13.9 Å². The van der Waals surface area contributed by atoms with Gasteiger partial charge < -0.3 is 10.2 Å². The lowest BCUT2D eigenvalue weighted by Gasteiger charge is -2.32. The number of nitrogens with zero attached hydrogens (tertiary/aromatic N) is 2. The highest BCUT2D eigenvalue weighted by Gasteiger charge is 2.30. The number of hydrogen-bond donors (Lipinski definition) is 1. The SMILES string of the molecule is CCNC(=O)[C@H](C)N(Cc1ccc(Cl)cc1Cl)C(=O)CN(c1ccccc1C)S(C)(=O)=O. The van der Waals surface area contributed by atoms with E-state index in [1.807, 2.05) is 0 Å². The second-order valence-corrected chi connectivity index (χ2v) is 10.1. The Morgan fingerprint density at radius 3 is 2.34 bits per heavy atom. The van der Waals surface area contributed by atoms with Gasteiger partial charge in [-0.05, 0) is 50.1 Å². The largest absolute Gasteiger partial charge is 0.355 e. The summed E-state index contributed by atoms with van der Waals surface area (Å²) < 4.78 is 26.1. The van der Waals surface area contributed by atoms with E-state index in [4.69, 9.17) is 23.2 Å². The molecule has 7 nitrogen and oxygen atoms in total. The Balaban J connectivity index is 2.43. The zero-order valence-electron chi connectivity index (χ0n) is 18.4. The van der Waals surface area contributed by atoms with Gasteiger partial charge in [0.1, 0.15) is 12.6 Å². The van der Waals surface area contributed by atoms with Crippen molar-refractivity contribution >= 4 is 50.7 Å². The molecule has 2 amide bonds. The second kappa shape index (κ2) is 11.0. The first-order valence-electron chi connectivity index (χ1n) is 10.00. The molecule has 0 saturated carbocycles. The Morgan fingerprint density at radius 2 is 1.78 bits per heavy atom. The number of anilines is 1. The molecular weight excluding hydrogens is 473 g/mol. The van der Waals surface area contributed by atoms with Gasteiger partial charge in [0, 0.05) is 23.1 Å². The van der Waals surface area contributed by atoms with Crippen molar-refractivity contribution in [2.24, 2.45) is 0 Å². The first-order valence-corrected chi connectivity index (χ1v) is 12.6. The maximum absolute atomic E-state index is 13.4. The Hall–Kier alpha value is -2.29. The molecule has 10 heteroatoms. The second-order valence-electron chi connectivity index (χ2n) is 7.38. The predicted octanol–water partition coefficient (Wildman–Crippen LogP) is 3.62. The lowest BCUT2D eigenvalue weighted by atomic mass is 10.1. The van der Waals surface area contributed by atoms with E-state index >= 15 is 0 Å². The number of rotatable bonds is 9. The molecule has 2 aromatic rings. The molecule has 174 valence electrons.